The molecule has 0 bridgehead atoms. The van der Waals surface area contributed by atoms with Gasteiger partial charge in [0.25, 0.3) is 0 Å². The molecular weight excluding hydrogens is 432 g/mol. The van der Waals surface area contributed by atoms with Crippen molar-refractivity contribution in [1.29, 1.82) is 0 Å². The van der Waals surface area contributed by atoms with Crippen LogP contribution in [0.1, 0.15) is 20.3 Å². The third-order valence-corrected chi connectivity index (χ3v) is 10.3. The largest absolute Gasteiger partial charge is 0.566 e. The highest BCUT2D eigenvalue weighted by molar-refractivity contribution is 7.67. The van der Waals surface area contributed by atoms with Gasteiger partial charge in [0, 0.05) is 13.1 Å². The molecular formula is C22H31N3O4P2. The normalized spacial score (nSPS) is 18.2. The molecule has 0 aliphatic carbocycles. The Morgan fingerprint density at radius 1 is 1.00 bits per heavy atom. The molecule has 1 fully saturated rings. The van der Waals surface area contributed by atoms with Crippen LogP contribution >= 0.6 is 15.3 Å². The van der Waals surface area contributed by atoms with Crippen molar-refractivity contribution in [2.24, 2.45) is 4.52 Å². The Kier molecular flexibility index (Phi) is 8.15. The summed E-state index contributed by atoms with van der Waals surface area (Å²) in [5.41, 5.74) is 0. The smallest absolute Gasteiger partial charge is 0.399 e. The van der Waals surface area contributed by atoms with E-state index < -0.39 is 15.3 Å². The average molecular weight is 463 g/mol. The minimum Gasteiger partial charge on any atom is -0.399 e. The van der Waals surface area contributed by atoms with Gasteiger partial charge in [0.15, 0.2) is 0 Å². The molecule has 0 amide bonds. The van der Waals surface area contributed by atoms with Crippen LogP contribution in [-0.4, -0.2) is 42.6 Å². The maximum Gasteiger partial charge on any atom is 0.566 e. The molecule has 0 saturated carbocycles. The van der Waals surface area contributed by atoms with Crippen molar-refractivity contribution in [2.75, 3.05) is 27.2 Å². The maximum absolute atomic E-state index is 14.1. The summed E-state index contributed by atoms with van der Waals surface area (Å²) in [5.74, 6) is 0.849. The van der Waals surface area contributed by atoms with Gasteiger partial charge in [-0.25, -0.2) is 13.9 Å². The summed E-state index contributed by atoms with van der Waals surface area (Å²) in [6.07, 6.45) is 4.57. The molecule has 3 rings (SSSR count). The van der Waals surface area contributed by atoms with Gasteiger partial charge in [-0.05, 0) is 51.7 Å². The van der Waals surface area contributed by atoms with Crippen molar-refractivity contribution in [3.63, 3.8) is 0 Å². The zero-order valence-corrected chi connectivity index (χ0v) is 20.3. The quantitative estimate of drug-likeness (QED) is 0.315. The summed E-state index contributed by atoms with van der Waals surface area (Å²) in [4.78, 5) is 0. The van der Waals surface area contributed by atoms with E-state index in [2.05, 4.69) is 6.92 Å². The average Bonchev–Trinajstić information content (AvgIpc) is 3.02. The molecule has 168 valence electrons. The monoisotopic (exact) mass is 463 g/mol. The highest BCUT2D eigenvalue weighted by atomic mass is 31.2. The Labute approximate surface area is 185 Å². The van der Waals surface area contributed by atoms with Crippen molar-refractivity contribution in [3.05, 3.63) is 72.8 Å². The number of para-hydroxylation sites is 2. The summed E-state index contributed by atoms with van der Waals surface area (Å²) in [6.45, 7) is 5.50. The van der Waals surface area contributed by atoms with Gasteiger partial charge >= 0.3 is 7.75 Å². The Morgan fingerprint density at radius 2 is 1.48 bits per heavy atom. The molecule has 0 spiro atoms. The first-order valence-electron chi connectivity index (χ1n) is 10.4. The lowest BCUT2D eigenvalue weighted by Gasteiger charge is -2.34. The first kappa shape index (κ1) is 23.8. The molecule has 0 aromatic heterocycles. The topological polar surface area (TPSA) is 63.6 Å². The van der Waals surface area contributed by atoms with Gasteiger partial charge in [-0.3, -0.25) is 0 Å². The molecule has 1 atom stereocenters. The zero-order valence-electron chi connectivity index (χ0n) is 18.5. The summed E-state index contributed by atoms with van der Waals surface area (Å²) in [6, 6.07) is 17.9. The van der Waals surface area contributed by atoms with Crippen molar-refractivity contribution in [1.82, 2.24) is 9.34 Å². The van der Waals surface area contributed by atoms with Crippen LogP contribution in [0.25, 0.3) is 0 Å². The molecule has 1 aliphatic rings. The minimum absolute atomic E-state index is 0.160. The van der Waals surface area contributed by atoms with Gasteiger partial charge in [0.2, 0.25) is 7.58 Å². The van der Waals surface area contributed by atoms with E-state index in [0.29, 0.717) is 11.5 Å². The van der Waals surface area contributed by atoms with Crippen LogP contribution in [0, 0.1) is 0 Å². The second kappa shape index (κ2) is 10.6. The fraction of sp³-hybridized carbons (Fsp3) is 0.364. The SMILES string of the molecule is C/C=C/C(CC)OP1(=NP(=O)(Oc2ccccc2)Oc2ccccc2)N(C)CCN1C. The molecule has 31 heavy (non-hydrogen) atoms. The van der Waals surface area contributed by atoms with E-state index in [1.165, 1.54) is 0 Å². The molecule has 0 N–H and O–H groups in total. The van der Waals surface area contributed by atoms with E-state index in [-0.39, 0.29) is 6.10 Å². The number of benzene rings is 2. The van der Waals surface area contributed by atoms with Crippen molar-refractivity contribution < 1.29 is 18.1 Å². The Balaban J connectivity index is 2.10. The van der Waals surface area contributed by atoms with Crippen LogP contribution in [0.5, 0.6) is 11.5 Å². The number of nitrogens with zero attached hydrogens (tertiary/aromatic N) is 3. The molecule has 1 unspecified atom stereocenters. The first-order chi connectivity index (χ1) is 14.9. The fourth-order valence-corrected chi connectivity index (χ4v) is 8.83. The van der Waals surface area contributed by atoms with Crippen LogP contribution in [0.3, 0.4) is 0 Å². The van der Waals surface area contributed by atoms with Gasteiger partial charge in [0.1, 0.15) is 11.5 Å². The van der Waals surface area contributed by atoms with Crippen LogP contribution in [-0.2, 0) is 9.09 Å². The lowest BCUT2D eigenvalue weighted by molar-refractivity contribution is 0.236. The van der Waals surface area contributed by atoms with Crippen LogP contribution in [0.2, 0.25) is 0 Å². The molecule has 9 heteroatoms. The number of rotatable bonds is 9. The molecule has 7 nitrogen and oxygen atoms in total. The second-order valence-electron chi connectivity index (χ2n) is 7.22. The summed E-state index contributed by atoms with van der Waals surface area (Å²) in [7, 11) is -2.91. The van der Waals surface area contributed by atoms with Gasteiger partial charge in [-0.15, -0.1) is 4.52 Å². The third kappa shape index (κ3) is 5.88. The Hall–Kier alpha value is -1.88. The highest BCUT2D eigenvalue weighted by Gasteiger charge is 2.44. The summed E-state index contributed by atoms with van der Waals surface area (Å²) >= 11 is 0. The van der Waals surface area contributed by atoms with Crippen molar-refractivity contribution >= 4 is 15.3 Å². The van der Waals surface area contributed by atoms with Gasteiger partial charge in [0.05, 0.1) is 6.10 Å². The lowest BCUT2D eigenvalue weighted by atomic mass is 10.3. The van der Waals surface area contributed by atoms with Crippen molar-refractivity contribution in [3.8, 4) is 11.5 Å². The van der Waals surface area contributed by atoms with Crippen molar-refractivity contribution in [2.45, 2.75) is 26.4 Å². The van der Waals surface area contributed by atoms with E-state index >= 15 is 0 Å². The van der Waals surface area contributed by atoms with Crippen LogP contribution < -0.4 is 9.05 Å². The van der Waals surface area contributed by atoms with E-state index in [4.69, 9.17) is 18.1 Å². The van der Waals surface area contributed by atoms with E-state index in [0.717, 1.165) is 19.5 Å². The highest BCUT2D eigenvalue weighted by Crippen LogP contribution is 2.68. The zero-order chi connectivity index (χ0) is 22.3. The molecule has 2 aromatic rings. The van der Waals surface area contributed by atoms with Gasteiger partial charge in [-0.1, -0.05) is 55.5 Å². The second-order valence-corrected chi connectivity index (χ2v) is 11.8. The van der Waals surface area contributed by atoms with Gasteiger partial charge in [-0.2, -0.15) is 0 Å². The predicted molar refractivity (Wildman–Crippen MR) is 126 cm³/mol. The molecule has 0 radical (unpaired) electrons. The molecule has 2 aromatic carbocycles. The fourth-order valence-electron chi connectivity index (χ4n) is 3.20. The Bertz CT molecular complexity index is 910. The summed E-state index contributed by atoms with van der Waals surface area (Å²) < 4.78 is 41.3. The first-order valence-corrected chi connectivity index (χ1v) is 13.4. The third-order valence-electron chi connectivity index (χ3n) is 4.88. The van der Waals surface area contributed by atoms with E-state index in [1.807, 2.05) is 78.9 Å². The maximum atomic E-state index is 14.1. The predicted octanol–water partition coefficient (Wildman–Crippen LogP) is 6.45. The van der Waals surface area contributed by atoms with E-state index in [1.54, 1.807) is 24.3 Å². The molecule has 1 saturated heterocycles. The summed E-state index contributed by atoms with van der Waals surface area (Å²) in [5, 5.41) is 0. The number of allylic oxidation sites excluding steroid dienone is 1. The number of hydrogen-bond donors (Lipinski definition) is 0. The minimum atomic E-state index is -4.00. The van der Waals surface area contributed by atoms with E-state index in [9.17, 15) is 4.57 Å². The number of hydrogen-bond acceptors (Lipinski definition) is 4. The van der Waals surface area contributed by atoms with Gasteiger partial charge < -0.3 is 13.6 Å². The Morgan fingerprint density at radius 3 is 1.90 bits per heavy atom. The standard InChI is InChI=1S/C22H31N3O4P2/c1-5-13-20(6-2)27-30(24(3)18-19-25(30)4)23-31(26,28-21-14-9-7-10-15-21)29-22-16-11-8-12-17-22/h5,7-17,20H,6,18-19H2,1-4H3/b13-5+. The lowest BCUT2D eigenvalue weighted by Crippen LogP contribution is -2.21. The number of likely N-dealkylation sites (N-methyl/N-ethyl adjacent to an activating group) is 2. The molecule has 1 heterocycles. The van der Waals surface area contributed by atoms with Crippen LogP contribution in [0.15, 0.2) is 77.3 Å². The molecule has 1 aliphatic heterocycles. The van der Waals surface area contributed by atoms with Crippen LogP contribution in [0.4, 0.5) is 0 Å².